The van der Waals surface area contributed by atoms with Crippen LogP contribution in [0, 0.1) is 5.92 Å². The third-order valence-corrected chi connectivity index (χ3v) is 6.64. The highest BCUT2D eigenvalue weighted by Crippen LogP contribution is 2.45. The van der Waals surface area contributed by atoms with E-state index in [2.05, 4.69) is 4.98 Å². The van der Waals surface area contributed by atoms with Gasteiger partial charge < -0.3 is 25.2 Å². The SMILES string of the molecule is CS(=O)(=O)OC1C2=CC(OC(=O)c3c[nH]c4ccccc34)CC3CC1C(O)CN23.O. The first-order chi connectivity index (χ1) is 13.8. The Morgan fingerprint density at radius 3 is 2.80 bits per heavy atom. The number of aromatic amines is 1. The molecule has 5 unspecified atom stereocenters. The van der Waals surface area contributed by atoms with Gasteiger partial charge in [0.25, 0.3) is 10.1 Å². The largest absolute Gasteiger partial charge is 0.454 e. The van der Waals surface area contributed by atoms with Crippen LogP contribution in [-0.2, 0) is 19.0 Å². The molecule has 0 spiro atoms. The summed E-state index contributed by atoms with van der Waals surface area (Å²) >= 11 is 0. The minimum atomic E-state index is -3.70. The molecule has 1 aromatic carbocycles. The number of hydrogen-bond acceptors (Lipinski definition) is 7. The van der Waals surface area contributed by atoms with E-state index in [0.29, 0.717) is 30.6 Å². The van der Waals surface area contributed by atoms with Gasteiger partial charge in [-0.15, -0.1) is 0 Å². The number of carbonyl (C=O) groups excluding carboxylic acids is 1. The number of aliphatic hydroxyl groups is 1. The van der Waals surface area contributed by atoms with Gasteiger partial charge in [-0.2, -0.15) is 8.42 Å². The molecule has 4 aliphatic heterocycles. The predicted molar refractivity (Wildman–Crippen MR) is 108 cm³/mol. The molecule has 6 rings (SSSR count). The Morgan fingerprint density at radius 2 is 2.03 bits per heavy atom. The molecule has 10 heteroatoms. The van der Waals surface area contributed by atoms with Gasteiger partial charge in [-0.1, -0.05) is 18.2 Å². The zero-order valence-corrected chi connectivity index (χ0v) is 17.1. The number of benzene rings is 1. The Labute approximate surface area is 173 Å². The average molecular weight is 436 g/mol. The van der Waals surface area contributed by atoms with Crippen molar-refractivity contribution in [3.63, 3.8) is 0 Å². The molecular weight excluding hydrogens is 412 g/mol. The quantitative estimate of drug-likeness (QED) is 0.527. The molecule has 2 aromatic rings. The fraction of sp³-hybridized carbons (Fsp3) is 0.450. The van der Waals surface area contributed by atoms with Crippen molar-refractivity contribution in [1.29, 1.82) is 0 Å². The van der Waals surface area contributed by atoms with Gasteiger partial charge in [0.1, 0.15) is 12.2 Å². The summed E-state index contributed by atoms with van der Waals surface area (Å²) in [5.41, 5.74) is 2.01. The van der Waals surface area contributed by atoms with Gasteiger partial charge in [0, 0.05) is 47.7 Å². The van der Waals surface area contributed by atoms with Gasteiger partial charge in [0.2, 0.25) is 0 Å². The second kappa shape index (κ2) is 7.38. The maximum Gasteiger partial charge on any atom is 0.340 e. The lowest BCUT2D eigenvalue weighted by molar-refractivity contribution is -0.0972. The number of esters is 1. The topological polar surface area (TPSA) is 140 Å². The minimum Gasteiger partial charge on any atom is -0.454 e. The van der Waals surface area contributed by atoms with Crippen molar-refractivity contribution in [2.24, 2.45) is 5.92 Å². The van der Waals surface area contributed by atoms with Gasteiger partial charge in [0.05, 0.1) is 17.9 Å². The number of rotatable bonds is 4. The number of hydrogen-bond donors (Lipinski definition) is 2. The summed E-state index contributed by atoms with van der Waals surface area (Å²) in [4.78, 5) is 17.8. The van der Waals surface area contributed by atoms with Gasteiger partial charge >= 0.3 is 5.97 Å². The molecule has 162 valence electrons. The van der Waals surface area contributed by atoms with Gasteiger partial charge in [-0.25, -0.2) is 4.79 Å². The van der Waals surface area contributed by atoms with Crippen LogP contribution >= 0.6 is 0 Å². The van der Waals surface area contributed by atoms with Gasteiger partial charge in [-0.3, -0.25) is 4.18 Å². The molecule has 0 saturated carbocycles. The second-order valence-electron chi connectivity index (χ2n) is 8.01. The van der Waals surface area contributed by atoms with Crippen LogP contribution in [0.4, 0.5) is 0 Å². The summed E-state index contributed by atoms with van der Waals surface area (Å²) in [5.74, 6) is -0.707. The van der Waals surface area contributed by atoms with Crippen molar-refractivity contribution in [1.82, 2.24) is 9.88 Å². The smallest absolute Gasteiger partial charge is 0.340 e. The van der Waals surface area contributed by atoms with Crippen LogP contribution in [0.1, 0.15) is 23.2 Å². The fourth-order valence-corrected chi connectivity index (χ4v) is 5.50. The van der Waals surface area contributed by atoms with Crippen molar-refractivity contribution in [2.75, 3.05) is 12.8 Å². The summed E-state index contributed by atoms with van der Waals surface area (Å²) in [5, 5.41) is 11.1. The Balaban J connectivity index is 0.00000218. The number of fused-ring (bicyclic) bond motifs is 2. The molecule has 0 radical (unpaired) electrons. The molecule has 9 nitrogen and oxygen atoms in total. The molecule has 4 aliphatic rings. The van der Waals surface area contributed by atoms with E-state index in [4.69, 9.17) is 8.92 Å². The van der Waals surface area contributed by atoms with Crippen LogP contribution in [0.3, 0.4) is 0 Å². The second-order valence-corrected chi connectivity index (χ2v) is 9.61. The normalized spacial score (nSPS) is 30.0. The number of ether oxygens (including phenoxy) is 1. The highest BCUT2D eigenvalue weighted by atomic mass is 32.2. The number of aromatic nitrogens is 1. The zero-order chi connectivity index (χ0) is 20.3. The predicted octanol–water partition coefficient (Wildman–Crippen LogP) is 0.566. The summed E-state index contributed by atoms with van der Waals surface area (Å²) in [7, 11) is -3.70. The molecule has 1 aromatic heterocycles. The van der Waals surface area contributed by atoms with Gasteiger partial charge in [-0.05, 0) is 18.6 Å². The van der Waals surface area contributed by atoms with Crippen molar-refractivity contribution >= 4 is 27.0 Å². The maximum atomic E-state index is 12.8. The van der Waals surface area contributed by atoms with Crippen LogP contribution in [0.15, 0.2) is 42.2 Å². The molecule has 4 N–H and O–H groups in total. The molecule has 3 saturated heterocycles. The number of aliphatic hydroxyl groups excluding tert-OH is 1. The zero-order valence-electron chi connectivity index (χ0n) is 16.3. The van der Waals surface area contributed by atoms with E-state index >= 15 is 0 Å². The molecule has 4 bridgehead atoms. The monoisotopic (exact) mass is 436 g/mol. The van der Waals surface area contributed by atoms with Crippen molar-refractivity contribution in [2.45, 2.75) is 37.2 Å². The highest BCUT2D eigenvalue weighted by Gasteiger charge is 2.52. The third-order valence-electron chi connectivity index (χ3n) is 6.08. The van der Waals surface area contributed by atoms with Crippen molar-refractivity contribution < 1.29 is 32.7 Å². The molecule has 0 aliphatic carbocycles. The molecule has 5 heterocycles. The van der Waals surface area contributed by atoms with Crippen LogP contribution in [0.25, 0.3) is 10.9 Å². The molecule has 30 heavy (non-hydrogen) atoms. The van der Waals surface area contributed by atoms with E-state index in [-0.39, 0.29) is 17.4 Å². The van der Waals surface area contributed by atoms with E-state index in [0.717, 1.165) is 17.2 Å². The Morgan fingerprint density at radius 1 is 1.27 bits per heavy atom. The summed E-state index contributed by atoms with van der Waals surface area (Å²) in [6.07, 6.45) is 3.76. The first kappa shape index (κ1) is 20.9. The summed E-state index contributed by atoms with van der Waals surface area (Å²) in [6.45, 7) is 0.438. The summed E-state index contributed by atoms with van der Waals surface area (Å²) < 4.78 is 34.6. The highest BCUT2D eigenvalue weighted by molar-refractivity contribution is 7.86. The fourth-order valence-electron chi connectivity index (χ4n) is 4.88. The first-order valence-electron chi connectivity index (χ1n) is 9.62. The standard InChI is InChI=1S/C20H22N2O6S.H2O/c1-29(25,26)28-19-14-7-11-6-12(8-17(19)22(11)10-18(14)23)27-20(24)15-9-21-16-5-3-2-4-13(15)16;/h2-5,8-9,11-12,14,18-19,21,23H,6-7,10H2,1H3;1H2. The Hall–Kier alpha value is -2.40. The van der Waals surface area contributed by atoms with Crippen LogP contribution in [0.2, 0.25) is 0 Å². The molecule has 5 atom stereocenters. The number of carbonyl (C=O) groups is 1. The van der Waals surface area contributed by atoms with E-state index in [9.17, 15) is 18.3 Å². The number of H-pyrrole nitrogens is 1. The lowest BCUT2D eigenvalue weighted by Crippen LogP contribution is -2.63. The number of para-hydroxylation sites is 1. The van der Waals surface area contributed by atoms with Gasteiger partial charge in [0.15, 0.2) is 0 Å². The maximum absolute atomic E-state index is 12.8. The van der Waals surface area contributed by atoms with E-state index in [1.54, 1.807) is 12.3 Å². The molecule has 0 amide bonds. The lowest BCUT2D eigenvalue weighted by atomic mass is 9.73. The first-order valence-corrected chi connectivity index (χ1v) is 11.4. The van der Waals surface area contributed by atoms with Crippen LogP contribution < -0.4 is 0 Å². The molecule has 3 fully saturated rings. The third kappa shape index (κ3) is 3.49. The number of nitrogens with one attached hydrogen (secondary N) is 1. The van der Waals surface area contributed by atoms with Crippen LogP contribution in [0.5, 0.6) is 0 Å². The van der Waals surface area contributed by atoms with E-state index < -0.39 is 34.4 Å². The number of nitrogens with zero attached hydrogens (tertiary/aromatic N) is 1. The van der Waals surface area contributed by atoms with E-state index in [1.807, 2.05) is 29.2 Å². The lowest BCUT2D eigenvalue weighted by Gasteiger charge is -2.56. The minimum absolute atomic E-state index is 0. The number of piperidine rings is 3. The van der Waals surface area contributed by atoms with Crippen molar-refractivity contribution in [3.05, 3.63) is 47.8 Å². The average Bonchev–Trinajstić information content (AvgIpc) is 3.08. The van der Waals surface area contributed by atoms with Crippen LogP contribution in [-0.4, -0.2) is 72.0 Å². The summed E-state index contributed by atoms with van der Waals surface area (Å²) in [6, 6.07) is 7.59. The molecular formula is C20H24N2O7S. The Kier molecular flexibility index (Phi) is 5.13. The van der Waals surface area contributed by atoms with E-state index in [1.165, 1.54) is 0 Å². The Bertz CT molecular complexity index is 1110. The van der Waals surface area contributed by atoms with Crippen molar-refractivity contribution in [3.8, 4) is 0 Å².